The molecule has 2 rings (SSSR count). The minimum atomic E-state index is -0.156. The van der Waals surface area contributed by atoms with Crippen molar-refractivity contribution in [1.29, 1.82) is 0 Å². The van der Waals surface area contributed by atoms with Crippen molar-refractivity contribution in [1.82, 2.24) is 0 Å². The predicted molar refractivity (Wildman–Crippen MR) is 83.1 cm³/mol. The normalized spacial score (nSPS) is 10.1. The van der Waals surface area contributed by atoms with Gasteiger partial charge in [0.2, 0.25) is 0 Å². The molecule has 0 saturated heterocycles. The number of rotatable bonds is 3. The first-order chi connectivity index (χ1) is 9.10. The first kappa shape index (κ1) is 13.9. The summed E-state index contributed by atoms with van der Waals surface area (Å²) in [6.45, 7) is 0. The van der Waals surface area contributed by atoms with Crippen LogP contribution in [0.2, 0.25) is 5.02 Å². The lowest BCUT2D eigenvalue weighted by molar-refractivity contribution is 0.102. The Balaban J connectivity index is 2.13. The van der Waals surface area contributed by atoms with Gasteiger partial charge >= 0.3 is 0 Å². The molecule has 0 aliphatic heterocycles. The van der Waals surface area contributed by atoms with E-state index in [9.17, 15) is 4.79 Å². The van der Waals surface area contributed by atoms with Gasteiger partial charge in [0.25, 0.3) is 5.91 Å². The van der Waals surface area contributed by atoms with Crippen molar-refractivity contribution in [3.8, 4) is 0 Å². The fourth-order valence-corrected chi connectivity index (χ4v) is 2.06. The maximum Gasteiger partial charge on any atom is 0.255 e. The smallest absolute Gasteiger partial charge is 0.255 e. The van der Waals surface area contributed by atoms with Gasteiger partial charge in [-0.25, -0.2) is 0 Å². The number of hydrogen-bond donors (Lipinski definition) is 2. The van der Waals surface area contributed by atoms with Crippen molar-refractivity contribution in [2.75, 3.05) is 17.7 Å². The third kappa shape index (κ3) is 3.49. The number of nitrogens with one attached hydrogen (secondary N) is 2. The van der Waals surface area contributed by atoms with Gasteiger partial charge in [0.05, 0.1) is 5.02 Å². The molecule has 2 aromatic rings. The molecule has 3 nitrogen and oxygen atoms in total. The summed E-state index contributed by atoms with van der Waals surface area (Å²) in [7, 11) is 1.83. The molecule has 0 radical (unpaired) electrons. The Kier molecular flexibility index (Phi) is 4.45. The molecular formula is C14H12BrClN2O. The number of carbonyl (C=O) groups excluding carboxylic acids is 1. The van der Waals surface area contributed by atoms with Crippen LogP contribution in [0.1, 0.15) is 10.4 Å². The van der Waals surface area contributed by atoms with E-state index in [1.54, 1.807) is 30.3 Å². The van der Waals surface area contributed by atoms with E-state index >= 15 is 0 Å². The molecule has 0 aliphatic carbocycles. The fraction of sp³-hybridized carbons (Fsp3) is 0.0714. The molecule has 0 spiro atoms. The summed E-state index contributed by atoms with van der Waals surface area (Å²) >= 11 is 9.22. The monoisotopic (exact) mass is 338 g/mol. The van der Waals surface area contributed by atoms with Crippen LogP contribution in [-0.2, 0) is 0 Å². The van der Waals surface area contributed by atoms with Crippen LogP contribution >= 0.6 is 27.5 Å². The van der Waals surface area contributed by atoms with E-state index in [2.05, 4.69) is 26.6 Å². The van der Waals surface area contributed by atoms with Gasteiger partial charge in [-0.15, -0.1) is 0 Å². The van der Waals surface area contributed by atoms with Crippen LogP contribution in [0.4, 0.5) is 11.4 Å². The summed E-state index contributed by atoms with van der Waals surface area (Å²) in [5.41, 5.74) is 2.26. The van der Waals surface area contributed by atoms with Crippen molar-refractivity contribution >= 4 is 44.8 Å². The van der Waals surface area contributed by atoms with Crippen LogP contribution in [0.25, 0.3) is 0 Å². The van der Waals surface area contributed by atoms with Gasteiger partial charge in [-0.05, 0) is 58.4 Å². The van der Waals surface area contributed by atoms with Gasteiger partial charge in [-0.3, -0.25) is 4.79 Å². The van der Waals surface area contributed by atoms with E-state index in [4.69, 9.17) is 11.6 Å². The molecule has 1 amide bonds. The van der Waals surface area contributed by atoms with E-state index in [0.717, 1.165) is 10.2 Å². The zero-order valence-electron chi connectivity index (χ0n) is 10.2. The molecular weight excluding hydrogens is 328 g/mol. The number of halogens is 2. The van der Waals surface area contributed by atoms with Gasteiger partial charge in [0.1, 0.15) is 0 Å². The van der Waals surface area contributed by atoms with Crippen LogP contribution in [0.3, 0.4) is 0 Å². The topological polar surface area (TPSA) is 41.1 Å². The third-order valence-corrected chi connectivity index (χ3v) is 3.83. The van der Waals surface area contributed by atoms with Crippen LogP contribution in [0.5, 0.6) is 0 Å². The summed E-state index contributed by atoms with van der Waals surface area (Å²) in [6.07, 6.45) is 0. The molecule has 2 aromatic carbocycles. The Morgan fingerprint density at radius 2 is 1.74 bits per heavy atom. The Morgan fingerprint density at radius 1 is 1.11 bits per heavy atom. The molecule has 2 N–H and O–H groups in total. The second-order valence-electron chi connectivity index (χ2n) is 3.91. The summed E-state index contributed by atoms with van der Waals surface area (Å²) in [4.78, 5) is 12.0. The number of carbonyl (C=O) groups is 1. The molecule has 0 fully saturated rings. The summed E-state index contributed by atoms with van der Waals surface area (Å²) in [6, 6.07) is 12.5. The third-order valence-electron chi connectivity index (χ3n) is 2.61. The van der Waals surface area contributed by atoms with Crippen molar-refractivity contribution in [2.45, 2.75) is 0 Å². The maximum atomic E-state index is 12.0. The zero-order valence-corrected chi connectivity index (χ0v) is 12.5. The van der Waals surface area contributed by atoms with Crippen LogP contribution in [-0.4, -0.2) is 13.0 Å². The predicted octanol–water partition coefficient (Wildman–Crippen LogP) is 4.40. The highest BCUT2D eigenvalue weighted by atomic mass is 79.9. The van der Waals surface area contributed by atoms with Crippen LogP contribution in [0.15, 0.2) is 46.9 Å². The summed E-state index contributed by atoms with van der Waals surface area (Å²) in [5.74, 6) is -0.156. The molecule has 0 bridgehead atoms. The van der Waals surface area contributed by atoms with E-state index in [1.165, 1.54) is 0 Å². The first-order valence-corrected chi connectivity index (χ1v) is 6.81. The number of benzene rings is 2. The number of amides is 1. The lowest BCUT2D eigenvalue weighted by atomic mass is 10.2. The Bertz CT molecular complexity index is 599. The highest BCUT2D eigenvalue weighted by molar-refractivity contribution is 9.10. The molecule has 0 aromatic heterocycles. The van der Waals surface area contributed by atoms with Gasteiger partial charge in [-0.2, -0.15) is 0 Å². The molecule has 0 aliphatic rings. The largest absolute Gasteiger partial charge is 0.388 e. The fourth-order valence-electron chi connectivity index (χ4n) is 1.57. The Morgan fingerprint density at radius 3 is 2.32 bits per heavy atom. The lowest BCUT2D eigenvalue weighted by Crippen LogP contribution is -2.11. The molecule has 19 heavy (non-hydrogen) atoms. The average molecular weight is 340 g/mol. The van der Waals surface area contributed by atoms with Crippen molar-refractivity contribution < 1.29 is 4.79 Å². The van der Waals surface area contributed by atoms with Crippen molar-refractivity contribution in [3.05, 3.63) is 57.5 Å². The van der Waals surface area contributed by atoms with E-state index in [-0.39, 0.29) is 5.91 Å². The van der Waals surface area contributed by atoms with Crippen LogP contribution in [0, 0.1) is 0 Å². The van der Waals surface area contributed by atoms with Gasteiger partial charge in [-0.1, -0.05) is 11.6 Å². The lowest BCUT2D eigenvalue weighted by Gasteiger charge is -2.07. The number of hydrogen-bond acceptors (Lipinski definition) is 2. The van der Waals surface area contributed by atoms with Gasteiger partial charge in [0.15, 0.2) is 0 Å². The quantitative estimate of drug-likeness (QED) is 0.870. The summed E-state index contributed by atoms with van der Waals surface area (Å²) < 4.78 is 0.748. The highest BCUT2D eigenvalue weighted by Gasteiger charge is 2.07. The molecule has 0 atom stereocenters. The van der Waals surface area contributed by atoms with E-state index in [1.807, 2.05) is 19.2 Å². The molecule has 98 valence electrons. The Labute approximate surface area is 125 Å². The minimum Gasteiger partial charge on any atom is -0.388 e. The van der Waals surface area contributed by atoms with E-state index in [0.29, 0.717) is 16.3 Å². The average Bonchev–Trinajstić information content (AvgIpc) is 2.43. The molecule has 0 unspecified atom stereocenters. The van der Waals surface area contributed by atoms with Crippen molar-refractivity contribution in [3.63, 3.8) is 0 Å². The summed E-state index contributed by atoms with van der Waals surface area (Å²) in [5, 5.41) is 6.43. The second-order valence-corrected chi connectivity index (χ2v) is 5.17. The van der Waals surface area contributed by atoms with Crippen LogP contribution < -0.4 is 10.6 Å². The van der Waals surface area contributed by atoms with Gasteiger partial charge in [0, 0.05) is 28.5 Å². The standard InChI is InChI=1S/C14H12BrClN2O/c1-17-10-4-2-9(3-5-10)14(19)18-11-6-7-13(16)12(15)8-11/h2-8,17H,1H3,(H,18,19). The SMILES string of the molecule is CNc1ccc(C(=O)Nc2ccc(Cl)c(Br)c2)cc1. The molecule has 0 heterocycles. The maximum absolute atomic E-state index is 12.0. The Hall–Kier alpha value is -1.52. The second kappa shape index (κ2) is 6.08. The van der Waals surface area contributed by atoms with E-state index < -0.39 is 0 Å². The zero-order chi connectivity index (χ0) is 13.8. The molecule has 5 heteroatoms. The minimum absolute atomic E-state index is 0.156. The van der Waals surface area contributed by atoms with Gasteiger partial charge < -0.3 is 10.6 Å². The first-order valence-electron chi connectivity index (χ1n) is 5.64. The number of anilines is 2. The molecule has 0 saturated carbocycles. The highest BCUT2D eigenvalue weighted by Crippen LogP contribution is 2.25. The van der Waals surface area contributed by atoms with Crippen molar-refractivity contribution in [2.24, 2.45) is 0 Å².